The SMILES string of the molecule is C=C(C)C(O)[C@H]1C[C@@H](C)[C@H]2[C@H](O1)[C@H](O[Si](CC)(CC)CC)[C@@]1(C)[C@@H]3CC[C@H]4C(C)(C)[C@@H](C)CC[C@@]45C[C@@]35CC[C@]21C.C=C(C)C(OC(=O)NCC)[C@H]1C[C@@H](C)[C@H]2[C@H](O1)[C@H](O[Si](CC)(CC)CC)[C@@]1(C)[C@@H]3CC[C@H]4C(C)(C)[C@@H](C)CC[C@@]45C[C@@]35CC[C@]21C.O=C(Cl)Oc1ccc([N+](=O)[O-])cc1. The van der Waals surface area contributed by atoms with Crippen molar-refractivity contribution in [3.63, 3.8) is 0 Å². The number of amides is 1. The van der Waals surface area contributed by atoms with Crippen LogP contribution in [0.15, 0.2) is 48.6 Å². The van der Waals surface area contributed by atoms with Gasteiger partial charge in [0, 0.05) is 41.1 Å². The van der Waals surface area contributed by atoms with Crippen LogP contribution >= 0.6 is 11.6 Å². The molecule has 0 radical (unpaired) electrons. The highest BCUT2D eigenvalue weighted by molar-refractivity contribution is 6.74. The number of nitrogens with zero attached hydrogens (tertiary/aromatic N) is 1. The molecule has 1 aromatic carbocycles. The van der Waals surface area contributed by atoms with Crippen LogP contribution < -0.4 is 10.1 Å². The lowest BCUT2D eigenvalue weighted by atomic mass is 9.41. The Labute approximate surface area is 612 Å². The van der Waals surface area contributed by atoms with Crippen LogP contribution in [0.3, 0.4) is 0 Å². The number of aliphatic hydroxyl groups is 1. The summed E-state index contributed by atoms with van der Waals surface area (Å²) in [6.45, 7) is 60.4. The Morgan fingerprint density at radius 1 is 0.610 bits per heavy atom. The molecule has 12 aliphatic rings. The minimum absolute atomic E-state index is 0.0188. The number of carbonyl (C=O) groups excluding carboxylic acids is 2. The second kappa shape index (κ2) is 27.5. The van der Waals surface area contributed by atoms with E-state index >= 15 is 0 Å². The number of fused-ring (bicyclic) bond motifs is 8. The average Bonchev–Trinajstić information content (AvgIpc) is 1.46. The van der Waals surface area contributed by atoms with Crippen molar-refractivity contribution < 1.29 is 47.4 Å². The minimum Gasteiger partial charge on any atom is -0.439 e. The van der Waals surface area contributed by atoms with Crippen molar-refractivity contribution in [2.24, 2.45) is 113 Å². The minimum atomic E-state index is -1.97. The fourth-order valence-electron chi connectivity index (χ4n) is 28.1. The van der Waals surface area contributed by atoms with E-state index in [1.54, 1.807) is 0 Å². The molecule has 1 aromatic rings. The van der Waals surface area contributed by atoms with Gasteiger partial charge in [-0.25, -0.2) is 9.59 Å². The number of ether oxygens (including phenoxy) is 4. The van der Waals surface area contributed by atoms with Crippen LogP contribution in [0, 0.1) is 123 Å². The molecule has 564 valence electrons. The summed E-state index contributed by atoms with van der Waals surface area (Å²) in [6.07, 6.45) is 19.9. The summed E-state index contributed by atoms with van der Waals surface area (Å²) < 4.78 is 40.8. The average molecular weight is 1440 g/mol. The molecule has 0 bridgehead atoms. The first kappa shape index (κ1) is 78.4. The number of carbonyl (C=O) groups is 2. The topological polar surface area (TPSA) is 165 Å². The normalized spacial score (nSPS) is 44.6. The summed E-state index contributed by atoms with van der Waals surface area (Å²) in [4.78, 5) is 32.6. The van der Waals surface area contributed by atoms with Crippen molar-refractivity contribution in [1.82, 2.24) is 5.32 Å². The predicted octanol–water partition coefficient (Wildman–Crippen LogP) is 21.9. The van der Waals surface area contributed by atoms with Gasteiger partial charge >= 0.3 is 11.5 Å². The van der Waals surface area contributed by atoms with Gasteiger partial charge in [-0.2, -0.15) is 0 Å². The Morgan fingerprint density at radius 3 is 1.37 bits per heavy atom. The largest absolute Gasteiger partial charge is 0.439 e. The van der Waals surface area contributed by atoms with Crippen LogP contribution in [0.1, 0.15) is 248 Å². The zero-order chi connectivity index (χ0) is 73.5. The summed E-state index contributed by atoms with van der Waals surface area (Å²) >= 11 is 4.92. The molecular weight excluding hydrogens is 1300 g/mol. The lowest BCUT2D eigenvalue weighted by Gasteiger charge is -2.64. The van der Waals surface area contributed by atoms with Crippen molar-refractivity contribution >= 4 is 45.4 Å². The van der Waals surface area contributed by atoms with E-state index < -0.39 is 39.2 Å². The van der Waals surface area contributed by atoms with Gasteiger partial charge in [-0.3, -0.25) is 10.1 Å². The van der Waals surface area contributed by atoms with Gasteiger partial charge in [0.2, 0.25) is 0 Å². The summed E-state index contributed by atoms with van der Waals surface area (Å²) in [7, 11) is -3.88. The molecule has 16 heteroatoms. The third-order valence-corrected chi connectivity index (χ3v) is 44.1. The fraction of sp³-hybridized carbons (Fsp3) is 0.857. The van der Waals surface area contributed by atoms with E-state index in [9.17, 15) is 24.8 Å². The van der Waals surface area contributed by atoms with Crippen molar-refractivity contribution in [3.05, 3.63) is 58.7 Å². The van der Waals surface area contributed by atoms with Gasteiger partial charge in [-0.15, -0.1) is 0 Å². The number of benzene rings is 1. The number of hydrogen-bond donors (Lipinski definition) is 2. The van der Waals surface area contributed by atoms with Gasteiger partial charge in [0.05, 0.1) is 41.5 Å². The third-order valence-electron chi connectivity index (χ3n) is 34.8. The molecule has 10 saturated carbocycles. The molecule has 0 aromatic heterocycles. The number of nitro benzene ring substituents is 1. The van der Waals surface area contributed by atoms with Gasteiger partial charge in [0.25, 0.3) is 5.69 Å². The van der Waals surface area contributed by atoms with Crippen molar-refractivity contribution in [2.75, 3.05) is 6.54 Å². The van der Waals surface area contributed by atoms with Crippen LogP contribution in [0.2, 0.25) is 36.3 Å². The van der Waals surface area contributed by atoms with E-state index in [2.05, 4.69) is 148 Å². The highest BCUT2D eigenvalue weighted by atomic mass is 35.5. The molecule has 2 unspecified atom stereocenters. The molecule has 100 heavy (non-hydrogen) atoms. The number of non-ortho nitro benzene ring substituents is 1. The molecule has 26 atom stereocenters. The smallest absolute Gasteiger partial charge is 0.409 e. The number of alkyl carbamates (subject to hydrolysis) is 1. The second-order valence-electron chi connectivity index (χ2n) is 38.2. The molecule has 2 aliphatic heterocycles. The quantitative estimate of drug-likeness (QED) is 0.0472. The maximum atomic E-state index is 12.7. The first-order valence-electron chi connectivity index (χ1n) is 40.5. The number of nitro groups is 1. The van der Waals surface area contributed by atoms with Gasteiger partial charge in [0.1, 0.15) is 11.9 Å². The highest BCUT2D eigenvalue weighted by Gasteiger charge is 2.87. The molecule has 2 heterocycles. The zero-order valence-corrected chi connectivity index (χ0v) is 69.0. The van der Waals surface area contributed by atoms with Crippen molar-refractivity contribution in [2.45, 2.75) is 333 Å². The van der Waals surface area contributed by atoms with Crippen LogP contribution in [-0.4, -0.2) is 93.6 Å². The molecule has 10 aliphatic carbocycles. The van der Waals surface area contributed by atoms with Crippen molar-refractivity contribution in [1.29, 1.82) is 0 Å². The molecular formula is C84H137ClN2O11Si2. The fourth-order valence-corrected chi connectivity index (χ4v) is 34.1. The molecule has 12 fully saturated rings. The summed E-state index contributed by atoms with van der Waals surface area (Å²) in [6, 6.07) is 12.0. The second-order valence-corrected chi connectivity index (χ2v) is 47.9. The first-order valence-corrected chi connectivity index (χ1v) is 46.0. The van der Waals surface area contributed by atoms with Gasteiger partial charge in [-0.05, 0) is 286 Å². The molecule has 2 saturated heterocycles. The van der Waals surface area contributed by atoms with Crippen LogP contribution in [0.5, 0.6) is 5.75 Å². The Balaban J connectivity index is 0.000000172. The first-order chi connectivity index (χ1) is 46.8. The molecule has 4 spiro atoms. The Hall–Kier alpha value is -2.64. The van der Waals surface area contributed by atoms with Crippen LogP contribution in [0.25, 0.3) is 0 Å². The number of rotatable bonds is 18. The predicted molar refractivity (Wildman–Crippen MR) is 407 cm³/mol. The van der Waals surface area contributed by atoms with Crippen LogP contribution in [-0.2, 0) is 23.1 Å². The molecule has 13 nitrogen and oxygen atoms in total. The summed E-state index contributed by atoms with van der Waals surface area (Å²) in [5.74, 6) is 6.87. The zero-order valence-electron chi connectivity index (χ0n) is 66.2. The lowest BCUT2D eigenvalue weighted by Crippen LogP contribution is -2.60. The van der Waals surface area contributed by atoms with Gasteiger partial charge in [-0.1, -0.05) is 138 Å². The van der Waals surface area contributed by atoms with E-state index in [-0.39, 0.29) is 75.8 Å². The summed E-state index contributed by atoms with van der Waals surface area (Å²) in [5.41, 5.74) is 4.12. The molecule has 13 rings (SSSR count). The van der Waals surface area contributed by atoms with Gasteiger partial charge < -0.3 is 38.2 Å². The van der Waals surface area contributed by atoms with Gasteiger partial charge in [0.15, 0.2) is 22.7 Å². The van der Waals surface area contributed by atoms with E-state index in [1.165, 1.54) is 132 Å². The number of aliphatic hydroxyl groups excluding tert-OH is 1. The standard InChI is InChI=1S/C40H69NO4Si.C37H64O3Si.C7H4ClNO4/c1-13-41-35(42)44-32(25(5)6)28-23-26(7)31-33(43-28)34(45-46(14-2,15-3)16-4)38(12)30-18-17-29-36(9,10)27(8)19-20-39(29)24-40(30,39)22-21-37(31,38)11;1-12-41(13-2,14-3)40-32-31-29(24(6)21-26(39-31)30(38)23(4)5)34(10)19-20-37-22-36(37)18-17-25(7)33(8,9)27(36)15-16-28(37)35(32,34)11;8-7(10)13-6-3-1-5(2-4-6)9(11)12/h26-34H,5,13-24H2,1-4,6-12H3,(H,41,42);24-32,38H,4,12-22H2,1-3,5-11H3;1-4H/t26-,27+,28-,29+,30+,31+,32?,33+,34+,37-,38-,39-,40+;24-,25+,26-,27+,28+,29+,30?,31+,32+,34-,35-,36-,37+;/m11./s1. The molecule has 2 N–H and O–H groups in total. The maximum Gasteiger partial charge on any atom is 0.409 e. The van der Waals surface area contributed by atoms with E-state index in [0.717, 1.165) is 71.7 Å². The number of nitrogens with one attached hydrogen (secondary N) is 1. The number of hydrogen-bond acceptors (Lipinski definition) is 11. The van der Waals surface area contributed by atoms with E-state index in [0.29, 0.717) is 68.6 Å². The Morgan fingerprint density at radius 2 is 1.00 bits per heavy atom. The van der Waals surface area contributed by atoms with Crippen LogP contribution in [0.4, 0.5) is 15.3 Å². The van der Waals surface area contributed by atoms with E-state index in [1.807, 2.05) is 20.8 Å². The number of halogens is 1. The highest BCUT2D eigenvalue weighted by Crippen LogP contribution is 2.92. The Bertz CT molecular complexity index is 3190. The molecule has 1 amide bonds. The monoisotopic (exact) mass is 1440 g/mol. The Kier molecular flexibility index (Phi) is 21.6. The van der Waals surface area contributed by atoms with E-state index in [4.69, 9.17) is 34.7 Å². The maximum absolute atomic E-state index is 12.7. The summed E-state index contributed by atoms with van der Waals surface area (Å²) in [5, 5.41) is 24.3. The third kappa shape index (κ3) is 11.6. The lowest BCUT2D eigenvalue weighted by molar-refractivity contribution is -0.384. The van der Waals surface area contributed by atoms with Crippen molar-refractivity contribution in [3.8, 4) is 5.75 Å².